The Hall–Kier alpha value is -1.88. The molecular formula is C13H16N4O. The molecule has 0 aliphatic carbocycles. The van der Waals surface area contributed by atoms with E-state index in [0.29, 0.717) is 12.0 Å². The predicted molar refractivity (Wildman–Crippen MR) is 71.6 cm³/mol. The van der Waals surface area contributed by atoms with Crippen molar-refractivity contribution in [1.29, 1.82) is 0 Å². The molecule has 3 rings (SSSR count). The van der Waals surface area contributed by atoms with Crippen molar-refractivity contribution in [1.82, 2.24) is 9.97 Å². The number of morpholine rings is 1. The largest absolute Gasteiger partial charge is 0.377 e. The highest BCUT2D eigenvalue weighted by molar-refractivity contribution is 5.90. The fraction of sp³-hybridized carbons (Fsp3) is 0.385. The first kappa shape index (κ1) is 11.2. The molecule has 1 aromatic carbocycles. The second kappa shape index (κ2) is 4.42. The van der Waals surface area contributed by atoms with Crippen LogP contribution in [-0.4, -0.2) is 35.8 Å². The maximum atomic E-state index is 5.80. The van der Waals surface area contributed by atoms with Gasteiger partial charge in [0.25, 0.3) is 0 Å². The van der Waals surface area contributed by atoms with E-state index in [1.807, 2.05) is 24.3 Å². The van der Waals surface area contributed by atoms with Crippen molar-refractivity contribution in [3.63, 3.8) is 0 Å². The van der Waals surface area contributed by atoms with Gasteiger partial charge >= 0.3 is 0 Å². The monoisotopic (exact) mass is 244 g/mol. The number of aromatic nitrogens is 2. The molecule has 18 heavy (non-hydrogen) atoms. The molecule has 0 spiro atoms. The number of anilines is 2. The molecule has 1 aliphatic heterocycles. The zero-order valence-corrected chi connectivity index (χ0v) is 10.3. The second-order valence-electron chi connectivity index (χ2n) is 4.54. The summed E-state index contributed by atoms with van der Waals surface area (Å²) in [7, 11) is 0. The Morgan fingerprint density at radius 3 is 3.00 bits per heavy atom. The highest BCUT2D eigenvalue weighted by Gasteiger charge is 2.22. The Bertz CT molecular complexity index is 572. The van der Waals surface area contributed by atoms with Crippen molar-refractivity contribution >= 4 is 22.7 Å². The molecule has 5 nitrogen and oxygen atoms in total. The van der Waals surface area contributed by atoms with Crippen LogP contribution in [0.15, 0.2) is 24.3 Å². The van der Waals surface area contributed by atoms with E-state index in [-0.39, 0.29) is 0 Å². The number of rotatable bonds is 1. The van der Waals surface area contributed by atoms with Gasteiger partial charge in [-0.2, -0.15) is 4.98 Å². The highest BCUT2D eigenvalue weighted by atomic mass is 16.5. The minimum Gasteiger partial charge on any atom is -0.377 e. The van der Waals surface area contributed by atoms with Crippen LogP contribution in [0.25, 0.3) is 10.9 Å². The first-order chi connectivity index (χ1) is 8.75. The molecule has 0 amide bonds. The molecule has 2 heterocycles. The molecule has 1 saturated heterocycles. The Morgan fingerprint density at radius 1 is 1.33 bits per heavy atom. The summed E-state index contributed by atoms with van der Waals surface area (Å²) in [5.41, 5.74) is 6.68. The predicted octanol–water partition coefficient (Wildman–Crippen LogP) is 1.44. The van der Waals surface area contributed by atoms with E-state index in [1.165, 1.54) is 0 Å². The molecule has 1 unspecified atom stereocenters. The number of nitrogens with zero attached hydrogens (tertiary/aromatic N) is 3. The summed E-state index contributed by atoms with van der Waals surface area (Å²) in [6.07, 6.45) is 0. The van der Waals surface area contributed by atoms with E-state index in [4.69, 9.17) is 10.5 Å². The second-order valence-corrected chi connectivity index (χ2v) is 4.54. The summed E-state index contributed by atoms with van der Waals surface area (Å²) in [5.74, 6) is 1.23. The van der Waals surface area contributed by atoms with Gasteiger partial charge < -0.3 is 15.4 Å². The molecule has 5 heteroatoms. The number of para-hydroxylation sites is 1. The molecule has 0 bridgehead atoms. The Labute approximate surface area is 106 Å². The number of hydrogen-bond donors (Lipinski definition) is 1. The Balaban J connectivity index is 2.15. The number of hydrogen-bond acceptors (Lipinski definition) is 5. The van der Waals surface area contributed by atoms with Crippen molar-refractivity contribution in [3.05, 3.63) is 24.3 Å². The number of fused-ring (bicyclic) bond motifs is 1. The minimum absolute atomic E-state index is 0.302. The van der Waals surface area contributed by atoms with Crippen LogP contribution in [0.2, 0.25) is 0 Å². The SMILES string of the molecule is CC1COCCN1c1nc(N)nc2ccccc12. The molecule has 2 N–H and O–H groups in total. The first-order valence-electron chi connectivity index (χ1n) is 6.12. The van der Waals surface area contributed by atoms with Crippen molar-refractivity contribution < 1.29 is 4.74 Å². The highest BCUT2D eigenvalue weighted by Crippen LogP contribution is 2.26. The van der Waals surface area contributed by atoms with Gasteiger partial charge in [0.15, 0.2) is 0 Å². The lowest BCUT2D eigenvalue weighted by Crippen LogP contribution is -2.44. The van der Waals surface area contributed by atoms with Gasteiger partial charge in [-0.3, -0.25) is 0 Å². The third kappa shape index (κ3) is 1.86. The zero-order chi connectivity index (χ0) is 12.5. The number of benzene rings is 1. The van der Waals surface area contributed by atoms with Crippen LogP contribution in [0.5, 0.6) is 0 Å². The fourth-order valence-electron chi connectivity index (χ4n) is 2.34. The van der Waals surface area contributed by atoms with Gasteiger partial charge in [0, 0.05) is 11.9 Å². The Kier molecular flexibility index (Phi) is 2.76. The van der Waals surface area contributed by atoms with Gasteiger partial charge in [0.1, 0.15) is 5.82 Å². The smallest absolute Gasteiger partial charge is 0.222 e. The topological polar surface area (TPSA) is 64.3 Å². The van der Waals surface area contributed by atoms with E-state index in [0.717, 1.165) is 36.5 Å². The van der Waals surface area contributed by atoms with E-state index in [1.54, 1.807) is 0 Å². The lowest BCUT2D eigenvalue weighted by Gasteiger charge is -2.34. The quantitative estimate of drug-likeness (QED) is 0.822. The molecule has 1 aliphatic rings. The van der Waals surface area contributed by atoms with Gasteiger partial charge in [0.2, 0.25) is 5.95 Å². The van der Waals surface area contributed by atoms with E-state index in [2.05, 4.69) is 21.8 Å². The number of nitrogen functional groups attached to an aromatic ring is 1. The molecule has 1 atom stereocenters. The van der Waals surface area contributed by atoms with Gasteiger partial charge in [-0.25, -0.2) is 4.98 Å². The summed E-state index contributed by atoms with van der Waals surface area (Å²) in [4.78, 5) is 10.9. The van der Waals surface area contributed by atoms with Crippen LogP contribution >= 0.6 is 0 Å². The Morgan fingerprint density at radius 2 is 2.17 bits per heavy atom. The molecule has 1 aromatic heterocycles. The lowest BCUT2D eigenvalue weighted by atomic mass is 10.2. The molecule has 2 aromatic rings. The normalized spacial score (nSPS) is 20.3. The van der Waals surface area contributed by atoms with Crippen LogP contribution in [0.1, 0.15) is 6.92 Å². The maximum absolute atomic E-state index is 5.80. The van der Waals surface area contributed by atoms with Crippen LogP contribution in [0, 0.1) is 0 Å². The fourth-order valence-corrected chi connectivity index (χ4v) is 2.34. The summed E-state index contributed by atoms with van der Waals surface area (Å²) in [5, 5.41) is 1.04. The van der Waals surface area contributed by atoms with Crippen molar-refractivity contribution in [2.45, 2.75) is 13.0 Å². The molecular weight excluding hydrogens is 228 g/mol. The summed E-state index contributed by atoms with van der Waals surface area (Å²) in [6, 6.07) is 8.25. The van der Waals surface area contributed by atoms with Gasteiger partial charge in [-0.15, -0.1) is 0 Å². The average molecular weight is 244 g/mol. The van der Waals surface area contributed by atoms with Crippen LogP contribution in [-0.2, 0) is 4.74 Å². The number of nitrogens with two attached hydrogens (primary N) is 1. The molecule has 0 radical (unpaired) electrons. The van der Waals surface area contributed by atoms with Crippen LogP contribution in [0.4, 0.5) is 11.8 Å². The van der Waals surface area contributed by atoms with Crippen molar-refractivity contribution in [2.24, 2.45) is 0 Å². The van der Waals surface area contributed by atoms with E-state index < -0.39 is 0 Å². The summed E-state index contributed by atoms with van der Waals surface area (Å²) >= 11 is 0. The zero-order valence-electron chi connectivity index (χ0n) is 10.3. The van der Waals surface area contributed by atoms with Gasteiger partial charge in [-0.1, -0.05) is 12.1 Å². The van der Waals surface area contributed by atoms with E-state index in [9.17, 15) is 0 Å². The maximum Gasteiger partial charge on any atom is 0.222 e. The summed E-state index contributed by atoms with van der Waals surface area (Å²) in [6.45, 7) is 4.41. The molecule has 1 fully saturated rings. The van der Waals surface area contributed by atoms with Crippen LogP contribution in [0.3, 0.4) is 0 Å². The van der Waals surface area contributed by atoms with Crippen LogP contribution < -0.4 is 10.6 Å². The molecule has 94 valence electrons. The van der Waals surface area contributed by atoms with Gasteiger partial charge in [-0.05, 0) is 19.1 Å². The average Bonchev–Trinajstić information content (AvgIpc) is 2.38. The third-order valence-electron chi connectivity index (χ3n) is 3.24. The standard InChI is InChI=1S/C13H16N4O/c1-9-8-18-7-6-17(9)12-10-4-2-3-5-11(10)15-13(14)16-12/h2-5,9H,6-8H2,1H3,(H2,14,15,16). The van der Waals surface area contributed by atoms with Crippen molar-refractivity contribution in [3.8, 4) is 0 Å². The number of ether oxygens (including phenoxy) is 1. The van der Waals surface area contributed by atoms with Crippen molar-refractivity contribution in [2.75, 3.05) is 30.4 Å². The van der Waals surface area contributed by atoms with E-state index >= 15 is 0 Å². The van der Waals surface area contributed by atoms with Gasteiger partial charge in [0.05, 0.1) is 24.8 Å². The summed E-state index contributed by atoms with van der Waals surface area (Å²) < 4.78 is 5.46. The first-order valence-corrected chi connectivity index (χ1v) is 6.12. The minimum atomic E-state index is 0.302. The third-order valence-corrected chi connectivity index (χ3v) is 3.24. The molecule has 0 saturated carbocycles. The lowest BCUT2D eigenvalue weighted by molar-refractivity contribution is 0.0987.